The van der Waals surface area contributed by atoms with Crippen molar-refractivity contribution >= 4 is 5.95 Å². The number of aliphatic hydroxyl groups excluding tert-OH is 1. The molecule has 0 aliphatic rings. The van der Waals surface area contributed by atoms with Gasteiger partial charge in [0.05, 0.1) is 12.4 Å². The zero-order chi connectivity index (χ0) is 11.1. The first-order chi connectivity index (χ1) is 7.24. The molecular formula is C10H16FN3O. The first kappa shape index (κ1) is 11.8. The summed E-state index contributed by atoms with van der Waals surface area (Å²) in [7, 11) is 1.87. The maximum atomic E-state index is 12.5. The van der Waals surface area contributed by atoms with E-state index in [1.54, 1.807) is 0 Å². The van der Waals surface area contributed by atoms with Crippen LogP contribution in [0.4, 0.5) is 10.3 Å². The van der Waals surface area contributed by atoms with Gasteiger partial charge in [-0.2, -0.15) is 0 Å². The van der Waals surface area contributed by atoms with Crippen LogP contribution in [0.3, 0.4) is 0 Å². The number of nitrogens with zero attached hydrogens (tertiary/aromatic N) is 3. The van der Waals surface area contributed by atoms with Crippen molar-refractivity contribution in [1.29, 1.82) is 0 Å². The van der Waals surface area contributed by atoms with Crippen LogP contribution in [0.5, 0.6) is 0 Å². The molecule has 0 saturated carbocycles. The summed E-state index contributed by atoms with van der Waals surface area (Å²) in [5, 5.41) is 8.60. The zero-order valence-electron chi connectivity index (χ0n) is 8.86. The molecule has 0 atom stereocenters. The number of aliphatic hydroxyl groups is 1. The third kappa shape index (κ3) is 4.20. The molecule has 1 rings (SSSR count). The van der Waals surface area contributed by atoms with Gasteiger partial charge >= 0.3 is 0 Å². The van der Waals surface area contributed by atoms with Crippen molar-refractivity contribution in [3.05, 3.63) is 18.2 Å². The summed E-state index contributed by atoms with van der Waals surface area (Å²) >= 11 is 0. The Morgan fingerprint density at radius 2 is 1.93 bits per heavy atom. The lowest BCUT2D eigenvalue weighted by molar-refractivity contribution is 0.283. The molecule has 0 unspecified atom stereocenters. The molecule has 0 aliphatic carbocycles. The fraction of sp³-hybridized carbons (Fsp3) is 0.600. The minimum Gasteiger partial charge on any atom is -0.396 e. The number of anilines is 1. The van der Waals surface area contributed by atoms with Crippen molar-refractivity contribution in [2.45, 2.75) is 19.3 Å². The van der Waals surface area contributed by atoms with Crippen molar-refractivity contribution in [3.8, 4) is 0 Å². The van der Waals surface area contributed by atoms with Crippen LogP contribution in [-0.2, 0) is 0 Å². The lowest BCUT2D eigenvalue weighted by Gasteiger charge is -2.15. The number of halogens is 1. The molecule has 0 bridgehead atoms. The lowest BCUT2D eigenvalue weighted by atomic mass is 10.2. The van der Waals surface area contributed by atoms with Crippen molar-refractivity contribution < 1.29 is 9.50 Å². The van der Waals surface area contributed by atoms with E-state index in [1.165, 1.54) is 0 Å². The molecule has 15 heavy (non-hydrogen) atoms. The molecule has 0 aliphatic heterocycles. The average molecular weight is 213 g/mol. The van der Waals surface area contributed by atoms with Crippen LogP contribution < -0.4 is 4.90 Å². The number of rotatable bonds is 6. The van der Waals surface area contributed by atoms with Crippen LogP contribution >= 0.6 is 0 Å². The van der Waals surface area contributed by atoms with E-state index in [0.717, 1.165) is 38.2 Å². The summed E-state index contributed by atoms with van der Waals surface area (Å²) in [6, 6.07) is 0. The van der Waals surface area contributed by atoms with Crippen molar-refractivity contribution in [3.63, 3.8) is 0 Å². The topological polar surface area (TPSA) is 49.2 Å². The van der Waals surface area contributed by atoms with Gasteiger partial charge in [0.2, 0.25) is 5.95 Å². The number of aromatic nitrogens is 2. The summed E-state index contributed by atoms with van der Waals surface area (Å²) in [6.45, 7) is 1.04. The van der Waals surface area contributed by atoms with Gasteiger partial charge in [0.1, 0.15) is 0 Å². The van der Waals surface area contributed by atoms with Gasteiger partial charge in [-0.1, -0.05) is 0 Å². The molecule has 0 fully saturated rings. The smallest absolute Gasteiger partial charge is 0.225 e. The van der Waals surface area contributed by atoms with Gasteiger partial charge in [-0.25, -0.2) is 14.4 Å². The van der Waals surface area contributed by atoms with Crippen molar-refractivity contribution in [2.24, 2.45) is 0 Å². The fourth-order valence-corrected chi connectivity index (χ4v) is 1.24. The van der Waals surface area contributed by atoms with E-state index in [9.17, 15) is 4.39 Å². The second kappa shape index (κ2) is 6.29. The molecule has 0 amide bonds. The van der Waals surface area contributed by atoms with E-state index < -0.39 is 5.82 Å². The fourth-order valence-electron chi connectivity index (χ4n) is 1.24. The molecule has 1 aromatic rings. The molecule has 84 valence electrons. The Morgan fingerprint density at radius 1 is 1.27 bits per heavy atom. The van der Waals surface area contributed by atoms with E-state index in [4.69, 9.17) is 5.11 Å². The molecule has 0 aromatic carbocycles. The highest BCUT2D eigenvalue weighted by Gasteiger charge is 2.03. The summed E-state index contributed by atoms with van der Waals surface area (Å²) in [5.41, 5.74) is 0. The molecule has 0 saturated heterocycles. The third-order valence-corrected chi connectivity index (χ3v) is 2.10. The van der Waals surface area contributed by atoms with Crippen molar-refractivity contribution in [1.82, 2.24) is 9.97 Å². The molecule has 1 N–H and O–H groups in total. The first-order valence-electron chi connectivity index (χ1n) is 5.03. The standard InChI is InChI=1S/C10H16FN3O/c1-14(5-3-2-4-6-15)10-12-7-9(11)8-13-10/h7-8,15H,2-6H2,1H3. The number of hydrogen-bond donors (Lipinski definition) is 1. The van der Waals surface area contributed by atoms with E-state index >= 15 is 0 Å². The molecule has 0 spiro atoms. The van der Waals surface area contributed by atoms with Crippen LogP contribution in [-0.4, -0.2) is 35.3 Å². The molecule has 1 aromatic heterocycles. The van der Waals surface area contributed by atoms with Gasteiger partial charge in [-0.05, 0) is 19.3 Å². The quantitative estimate of drug-likeness (QED) is 0.722. The van der Waals surface area contributed by atoms with Gasteiger partial charge in [0.25, 0.3) is 0 Å². The molecule has 5 heteroatoms. The maximum absolute atomic E-state index is 12.5. The van der Waals surface area contributed by atoms with Gasteiger partial charge in [-0.15, -0.1) is 0 Å². The number of unbranched alkanes of at least 4 members (excludes halogenated alkanes) is 2. The maximum Gasteiger partial charge on any atom is 0.225 e. The van der Waals surface area contributed by atoms with Crippen LogP contribution in [0.25, 0.3) is 0 Å². The number of hydrogen-bond acceptors (Lipinski definition) is 4. The van der Waals surface area contributed by atoms with Gasteiger partial charge in [-0.3, -0.25) is 0 Å². The third-order valence-electron chi connectivity index (χ3n) is 2.10. The van der Waals surface area contributed by atoms with Crippen LogP contribution in [0.2, 0.25) is 0 Å². The Kier molecular flexibility index (Phi) is 4.97. The highest BCUT2D eigenvalue weighted by Crippen LogP contribution is 2.06. The van der Waals surface area contributed by atoms with Gasteiger partial charge < -0.3 is 10.0 Å². The predicted octanol–water partition coefficient (Wildman–Crippen LogP) is 1.21. The molecule has 0 radical (unpaired) electrons. The Bertz CT molecular complexity index is 279. The monoisotopic (exact) mass is 213 g/mol. The second-order valence-electron chi connectivity index (χ2n) is 3.41. The Hall–Kier alpha value is -1.23. The van der Waals surface area contributed by atoms with Crippen LogP contribution in [0, 0.1) is 5.82 Å². The average Bonchev–Trinajstić information content (AvgIpc) is 2.25. The van der Waals surface area contributed by atoms with Crippen LogP contribution in [0.1, 0.15) is 19.3 Å². The Labute approximate surface area is 88.8 Å². The summed E-state index contributed by atoms with van der Waals surface area (Å²) in [5.74, 6) is 0.104. The highest BCUT2D eigenvalue weighted by molar-refractivity contribution is 5.26. The van der Waals surface area contributed by atoms with Crippen LogP contribution in [0.15, 0.2) is 12.4 Å². The Balaban J connectivity index is 2.33. The predicted molar refractivity (Wildman–Crippen MR) is 56.2 cm³/mol. The minimum atomic E-state index is -0.424. The first-order valence-corrected chi connectivity index (χ1v) is 5.03. The second-order valence-corrected chi connectivity index (χ2v) is 3.41. The Morgan fingerprint density at radius 3 is 2.53 bits per heavy atom. The van der Waals surface area contributed by atoms with Gasteiger partial charge in [0.15, 0.2) is 5.82 Å². The van der Waals surface area contributed by atoms with E-state index in [2.05, 4.69) is 9.97 Å². The van der Waals surface area contributed by atoms with E-state index in [0.29, 0.717) is 5.95 Å². The minimum absolute atomic E-state index is 0.233. The molecule has 4 nitrogen and oxygen atoms in total. The van der Waals surface area contributed by atoms with E-state index in [1.807, 2.05) is 11.9 Å². The zero-order valence-corrected chi connectivity index (χ0v) is 8.86. The molecular weight excluding hydrogens is 197 g/mol. The largest absolute Gasteiger partial charge is 0.396 e. The SMILES string of the molecule is CN(CCCCCO)c1ncc(F)cn1. The van der Waals surface area contributed by atoms with E-state index in [-0.39, 0.29) is 6.61 Å². The summed E-state index contributed by atoms with van der Waals surface area (Å²) < 4.78 is 12.5. The summed E-state index contributed by atoms with van der Waals surface area (Å²) in [4.78, 5) is 9.61. The lowest BCUT2D eigenvalue weighted by Crippen LogP contribution is -2.21. The van der Waals surface area contributed by atoms with Crippen molar-refractivity contribution in [2.75, 3.05) is 25.1 Å². The summed E-state index contributed by atoms with van der Waals surface area (Å²) in [6.07, 6.45) is 5.08. The normalized spacial score (nSPS) is 10.3. The van der Waals surface area contributed by atoms with Gasteiger partial charge in [0, 0.05) is 20.2 Å². The molecule has 1 heterocycles. The highest BCUT2D eigenvalue weighted by atomic mass is 19.1.